The number of hydrogen-bond acceptors (Lipinski definition) is 5. The Bertz CT molecular complexity index is 381. The van der Waals surface area contributed by atoms with Crippen LogP contribution in [0.25, 0.3) is 0 Å². The van der Waals surface area contributed by atoms with Crippen LogP contribution in [0.3, 0.4) is 0 Å². The van der Waals surface area contributed by atoms with Crippen LogP contribution >= 0.6 is 0 Å². The fraction of sp³-hybridized carbons (Fsp3) is 0.300. The number of pyridine rings is 1. The van der Waals surface area contributed by atoms with E-state index in [1.807, 2.05) is 0 Å². The van der Waals surface area contributed by atoms with E-state index in [2.05, 4.69) is 15.0 Å². The molecule has 0 saturated carbocycles. The molecule has 0 spiro atoms. The van der Waals surface area contributed by atoms with Crippen molar-refractivity contribution < 1.29 is 19.4 Å². The molecule has 1 atom stereocenters. The Morgan fingerprint density at radius 1 is 1.75 bits per heavy atom. The van der Waals surface area contributed by atoms with Gasteiger partial charge in [0.05, 0.1) is 19.6 Å². The van der Waals surface area contributed by atoms with Crippen molar-refractivity contribution in [2.24, 2.45) is 0 Å². The average molecular weight is 224 g/mol. The van der Waals surface area contributed by atoms with Gasteiger partial charge in [0, 0.05) is 23.6 Å². The van der Waals surface area contributed by atoms with Crippen molar-refractivity contribution in [3.8, 4) is 0 Å². The SMILES string of the molecule is COC(=O)CC(O)c1cnccc1NC=O. The van der Waals surface area contributed by atoms with Crippen LogP contribution in [-0.2, 0) is 14.3 Å². The Balaban J connectivity index is 2.84. The molecule has 0 aromatic carbocycles. The van der Waals surface area contributed by atoms with E-state index >= 15 is 0 Å². The number of carbonyl (C=O) groups excluding carboxylic acids is 2. The predicted molar refractivity (Wildman–Crippen MR) is 55.5 cm³/mol. The average Bonchev–Trinajstić information content (AvgIpc) is 2.30. The summed E-state index contributed by atoms with van der Waals surface area (Å²) in [5.74, 6) is -0.534. The number of esters is 1. The van der Waals surface area contributed by atoms with Gasteiger partial charge in [-0.2, -0.15) is 0 Å². The maximum Gasteiger partial charge on any atom is 0.308 e. The molecule has 16 heavy (non-hydrogen) atoms. The van der Waals surface area contributed by atoms with Gasteiger partial charge < -0.3 is 15.2 Å². The molecular formula is C10H12N2O4. The summed E-state index contributed by atoms with van der Waals surface area (Å²) in [6.45, 7) is 0. The first-order chi connectivity index (χ1) is 7.69. The number of amides is 1. The Morgan fingerprint density at radius 3 is 3.12 bits per heavy atom. The summed E-state index contributed by atoms with van der Waals surface area (Å²) in [6.07, 6.45) is 2.11. The number of aromatic nitrogens is 1. The van der Waals surface area contributed by atoms with E-state index in [1.165, 1.54) is 25.6 Å². The number of aliphatic hydroxyl groups is 1. The molecule has 86 valence electrons. The standard InChI is InChI=1S/C10H12N2O4/c1-16-10(15)4-9(14)7-5-11-3-2-8(7)12-6-13/h2-3,5-6,9,14H,4H2,1H3,(H,11,12,13). The van der Waals surface area contributed by atoms with Crippen molar-refractivity contribution in [2.45, 2.75) is 12.5 Å². The van der Waals surface area contributed by atoms with E-state index in [0.29, 0.717) is 17.7 Å². The highest BCUT2D eigenvalue weighted by Gasteiger charge is 2.16. The molecule has 0 saturated heterocycles. The third-order valence-corrected chi connectivity index (χ3v) is 2.01. The molecule has 1 unspecified atom stereocenters. The summed E-state index contributed by atoms with van der Waals surface area (Å²) in [6, 6.07) is 1.53. The van der Waals surface area contributed by atoms with Gasteiger partial charge in [0.2, 0.25) is 6.41 Å². The summed E-state index contributed by atoms with van der Waals surface area (Å²) in [7, 11) is 1.24. The fourth-order valence-electron chi connectivity index (χ4n) is 1.22. The lowest BCUT2D eigenvalue weighted by molar-refractivity contribution is -0.142. The molecule has 6 nitrogen and oxygen atoms in total. The molecule has 0 fully saturated rings. The minimum atomic E-state index is -1.05. The number of methoxy groups -OCH3 is 1. The highest BCUT2D eigenvalue weighted by atomic mass is 16.5. The van der Waals surface area contributed by atoms with Gasteiger partial charge in [0.1, 0.15) is 0 Å². The number of nitrogens with one attached hydrogen (secondary N) is 1. The Kier molecular flexibility index (Phi) is 4.41. The van der Waals surface area contributed by atoms with E-state index in [0.717, 1.165) is 0 Å². The second-order valence-electron chi connectivity index (χ2n) is 3.02. The van der Waals surface area contributed by atoms with Crippen LogP contribution in [0.5, 0.6) is 0 Å². The normalized spacial score (nSPS) is 11.6. The number of nitrogens with zero attached hydrogens (tertiary/aromatic N) is 1. The largest absolute Gasteiger partial charge is 0.469 e. The van der Waals surface area contributed by atoms with E-state index in [9.17, 15) is 14.7 Å². The lowest BCUT2D eigenvalue weighted by atomic mass is 10.1. The number of rotatable bonds is 5. The second-order valence-corrected chi connectivity index (χ2v) is 3.02. The number of ether oxygens (including phenoxy) is 1. The van der Waals surface area contributed by atoms with Crippen molar-refractivity contribution >= 4 is 18.1 Å². The van der Waals surface area contributed by atoms with Crippen molar-refractivity contribution in [1.29, 1.82) is 0 Å². The van der Waals surface area contributed by atoms with E-state index in [-0.39, 0.29) is 6.42 Å². The minimum Gasteiger partial charge on any atom is -0.469 e. The van der Waals surface area contributed by atoms with Gasteiger partial charge in [0.25, 0.3) is 0 Å². The van der Waals surface area contributed by atoms with Crippen LogP contribution in [0.2, 0.25) is 0 Å². The third-order valence-electron chi connectivity index (χ3n) is 2.01. The van der Waals surface area contributed by atoms with Crippen molar-refractivity contribution in [3.05, 3.63) is 24.0 Å². The van der Waals surface area contributed by atoms with Gasteiger partial charge in [-0.3, -0.25) is 14.6 Å². The number of aliphatic hydroxyl groups excluding tert-OH is 1. The van der Waals surface area contributed by atoms with Crippen LogP contribution in [0.1, 0.15) is 18.1 Å². The molecule has 0 bridgehead atoms. The number of carbonyl (C=O) groups is 2. The van der Waals surface area contributed by atoms with Gasteiger partial charge >= 0.3 is 5.97 Å². The van der Waals surface area contributed by atoms with Gasteiger partial charge in [-0.05, 0) is 6.07 Å². The molecular weight excluding hydrogens is 212 g/mol. The van der Waals surface area contributed by atoms with Gasteiger partial charge in [-0.1, -0.05) is 0 Å². The first kappa shape index (κ1) is 12.1. The fourth-order valence-corrected chi connectivity index (χ4v) is 1.22. The lowest BCUT2D eigenvalue weighted by Crippen LogP contribution is -2.10. The van der Waals surface area contributed by atoms with E-state index in [1.54, 1.807) is 0 Å². The van der Waals surface area contributed by atoms with Crippen LogP contribution in [0.15, 0.2) is 18.5 Å². The zero-order valence-corrected chi connectivity index (χ0v) is 8.71. The Morgan fingerprint density at radius 2 is 2.50 bits per heavy atom. The summed E-state index contributed by atoms with van der Waals surface area (Å²) in [5.41, 5.74) is 0.793. The lowest BCUT2D eigenvalue weighted by Gasteiger charge is -2.12. The molecule has 2 N–H and O–H groups in total. The monoisotopic (exact) mass is 224 g/mol. The molecule has 1 heterocycles. The summed E-state index contributed by atoms with van der Waals surface area (Å²) >= 11 is 0. The van der Waals surface area contributed by atoms with Crippen molar-refractivity contribution in [3.63, 3.8) is 0 Å². The quantitative estimate of drug-likeness (QED) is 0.552. The Labute approximate surface area is 92.3 Å². The summed E-state index contributed by atoms with van der Waals surface area (Å²) in [4.78, 5) is 25.1. The maximum absolute atomic E-state index is 11.0. The second kappa shape index (κ2) is 5.82. The summed E-state index contributed by atoms with van der Waals surface area (Å²) in [5, 5.41) is 12.1. The summed E-state index contributed by atoms with van der Waals surface area (Å²) < 4.78 is 4.43. The third kappa shape index (κ3) is 3.03. The zero-order valence-electron chi connectivity index (χ0n) is 8.71. The van der Waals surface area contributed by atoms with Crippen LogP contribution in [0, 0.1) is 0 Å². The van der Waals surface area contributed by atoms with Crippen LogP contribution in [0.4, 0.5) is 5.69 Å². The molecule has 0 aliphatic heterocycles. The smallest absolute Gasteiger partial charge is 0.308 e. The molecule has 0 aliphatic rings. The maximum atomic E-state index is 11.0. The minimum absolute atomic E-state index is 0.185. The molecule has 6 heteroatoms. The molecule has 1 aromatic heterocycles. The van der Waals surface area contributed by atoms with Gasteiger partial charge in [-0.15, -0.1) is 0 Å². The topological polar surface area (TPSA) is 88.5 Å². The molecule has 0 radical (unpaired) electrons. The molecule has 1 amide bonds. The molecule has 0 aliphatic carbocycles. The van der Waals surface area contributed by atoms with Crippen molar-refractivity contribution in [1.82, 2.24) is 4.98 Å². The Hall–Kier alpha value is -1.95. The molecule has 1 rings (SSSR count). The molecule has 1 aromatic rings. The van der Waals surface area contributed by atoms with Gasteiger partial charge in [-0.25, -0.2) is 0 Å². The van der Waals surface area contributed by atoms with Crippen LogP contribution in [-0.4, -0.2) is 29.6 Å². The first-order valence-electron chi connectivity index (χ1n) is 4.58. The van der Waals surface area contributed by atoms with Gasteiger partial charge in [0.15, 0.2) is 0 Å². The van der Waals surface area contributed by atoms with E-state index in [4.69, 9.17) is 0 Å². The highest BCUT2D eigenvalue weighted by molar-refractivity contribution is 5.75. The zero-order chi connectivity index (χ0) is 12.0. The van der Waals surface area contributed by atoms with Crippen molar-refractivity contribution in [2.75, 3.05) is 12.4 Å². The van der Waals surface area contributed by atoms with E-state index < -0.39 is 12.1 Å². The number of hydrogen-bond donors (Lipinski definition) is 2. The highest BCUT2D eigenvalue weighted by Crippen LogP contribution is 2.23. The number of anilines is 1. The first-order valence-corrected chi connectivity index (χ1v) is 4.58. The predicted octanol–water partition coefficient (Wildman–Crippen LogP) is 0.246. The van der Waals surface area contributed by atoms with Crippen LogP contribution < -0.4 is 5.32 Å².